The third-order valence-electron chi connectivity index (χ3n) is 4.26. The van der Waals surface area contributed by atoms with Crippen molar-refractivity contribution in [3.63, 3.8) is 0 Å². The highest BCUT2D eigenvalue weighted by Crippen LogP contribution is 2.43. The Morgan fingerprint density at radius 3 is 2.33 bits per heavy atom. The number of rotatable bonds is 6. The van der Waals surface area contributed by atoms with Gasteiger partial charge in [0.25, 0.3) is 0 Å². The van der Waals surface area contributed by atoms with Crippen molar-refractivity contribution in [1.29, 1.82) is 0 Å². The summed E-state index contributed by atoms with van der Waals surface area (Å²) < 4.78 is 23.4. The van der Waals surface area contributed by atoms with Gasteiger partial charge in [-0.15, -0.1) is 0 Å². The van der Waals surface area contributed by atoms with Crippen molar-refractivity contribution in [2.24, 2.45) is 11.1 Å². The van der Waals surface area contributed by atoms with Crippen LogP contribution in [0.5, 0.6) is 0 Å². The predicted molar refractivity (Wildman–Crippen MR) is 82.8 cm³/mol. The van der Waals surface area contributed by atoms with Crippen molar-refractivity contribution < 1.29 is 13.2 Å². The summed E-state index contributed by atoms with van der Waals surface area (Å²) in [6.07, 6.45) is 3.57. The Morgan fingerprint density at radius 1 is 1.29 bits per heavy atom. The fraction of sp³-hybridized carbons (Fsp3) is 0.533. The van der Waals surface area contributed by atoms with Crippen molar-refractivity contribution in [2.75, 3.05) is 17.6 Å². The molecule has 1 aliphatic carbocycles. The minimum absolute atomic E-state index is 0.0322. The fourth-order valence-electron chi connectivity index (χ4n) is 2.59. The van der Waals surface area contributed by atoms with E-state index in [-0.39, 0.29) is 22.0 Å². The standard InChI is InChI=1S/C15H22N2O3S/c1-2-21(19,20)13-6-4-12(5-7-13)17-14(18)10-15(11-16)8-3-9-15/h4-7H,2-3,8-11,16H2,1H3,(H,17,18). The number of hydrogen-bond donors (Lipinski definition) is 2. The number of hydrogen-bond acceptors (Lipinski definition) is 4. The molecule has 0 aromatic heterocycles. The van der Waals surface area contributed by atoms with Gasteiger partial charge in [0.1, 0.15) is 0 Å². The Kier molecular flexibility index (Phi) is 4.68. The molecule has 5 nitrogen and oxygen atoms in total. The molecule has 2 rings (SSSR count). The molecule has 0 spiro atoms. The molecule has 0 unspecified atom stereocenters. The molecule has 0 saturated heterocycles. The van der Waals surface area contributed by atoms with Crippen LogP contribution in [0.2, 0.25) is 0 Å². The maximum atomic E-state index is 12.0. The van der Waals surface area contributed by atoms with Crippen molar-refractivity contribution in [3.8, 4) is 0 Å². The van der Waals surface area contributed by atoms with Crippen molar-refractivity contribution in [2.45, 2.75) is 37.5 Å². The van der Waals surface area contributed by atoms with E-state index in [4.69, 9.17) is 5.73 Å². The van der Waals surface area contributed by atoms with Gasteiger partial charge in [-0.05, 0) is 49.1 Å². The number of carbonyl (C=O) groups is 1. The van der Waals surface area contributed by atoms with E-state index in [0.717, 1.165) is 19.3 Å². The molecule has 1 amide bonds. The maximum absolute atomic E-state index is 12.0. The van der Waals surface area contributed by atoms with Gasteiger partial charge in [0.2, 0.25) is 5.91 Å². The number of amides is 1. The van der Waals surface area contributed by atoms with Gasteiger partial charge >= 0.3 is 0 Å². The smallest absolute Gasteiger partial charge is 0.224 e. The number of anilines is 1. The molecule has 0 atom stereocenters. The Balaban J connectivity index is 1.99. The van der Waals surface area contributed by atoms with Crippen LogP contribution in [0.15, 0.2) is 29.2 Å². The van der Waals surface area contributed by atoms with Crippen LogP contribution < -0.4 is 11.1 Å². The topological polar surface area (TPSA) is 89.3 Å². The van der Waals surface area contributed by atoms with Gasteiger partial charge < -0.3 is 11.1 Å². The highest BCUT2D eigenvalue weighted by atomic mass is 32.2. The molecule has 1 fully saturated rings. The van der Waals surface area contributed by atoms with Crippen LogP contribution in [-0.2, 0) is 14.6 Å². The number of sulfone groups is 1. The molecule has 0 radical (unpaired) electrons. The second-order valence-corrected chi connectivity index (χ2v) is 7.99. The summed E-state index contributed by atoms with van der Waals surface area (Å²) in [6, 6.07) is 6.29. The minimum atomic E-state index is -3.20. The highest BCUT2D eigenvalue weighted by molar-refractivity contribution is 7.91. The van der Waals surface area contributed by atoms with Crippen LogP contribution in [-0.4, -0.2) is 26.6 Å². The SMILES string of the molecule is CCS(=O)(=O)c1ccc(NC(=O)CC2(CN)CCC2)cc1. The minimum Gasteiger partial charge on any atom is -0.330 e. The summed E-state index contributed by atoms with van der Waals surface area (Å²) in [4.78, 5) is 12.3. The summed E-state index contributed by atoms with van der Waals surface area (Å²) in [5.41, 5.74) is 6.33. The first kappa shape index (κ1) is 16.0. The largest absolute Gasteiger partial charge is 0.330 e. The van der Waals surface area contributed by atoms with E-state index in [9.17, 15) is 13.2 Å². The molecule has 116 valence electrons. The van der Waals surface area contributed by atoms with E-state index in [0.29, 0.717) is 18.7 Å². The first-order chi connectivity index (χ1) is 9.91. The lowest BCUT2D eigenvalue weighted by Crippen LogP contribution is -2.40. The summed E-state index contributed by atoms with van der Waals surface area (Å²) in [6.45, 7) is 2.14. The van der Waals surface area contributed by atoms with E-state index in [1.807, 2.05) is 0 Å². The van der Waals surface area contributed by atoms with Crippen LogP contribution in [0.4, 0.5) is 5.69 Å². The average molecular weight is 310 g/mol. The maximum Gasteiger partial charge on any atom is 0.224 e. The molecule has 1 aliphatic rings. The number of nitrogens with one attached hydrogen (secondary N) is 1. The zero-order valence-electron chi connectivity index (χ0n) is 12.3. The number of carbonyl (C=O) groups excluding carboxylic acids is 1. The van der Waals surface area contributed by atoms with Gasteiger partial charge in [0, 0.05) is 12.1 Å². The Hall–Kier alpha value is -1.40. The molecule has 3 N–H and O–H groups in total. The van der Waals surface area contributed by atoms with E-state index in [1.165, 1.54) is 12.1 Å². The third-order valence-corrected chi connectivity index (χ3v) is 6.01. The van der Waals surface area contributed by atoms with Gasteiger partial charge in [-0.3, -0.25) is 4.79 Å². The van der Waals surface area contributed by atoms with Crippen LogP contribution in [0.1, 0.15) is 32.6 Å². The molecule has 0 heterocycles. The first-order valence-electron chi connectivity index (χ1n) is 7.23. The van der Waals surface area contributed by atoms with Crippen LogP contribution in [0.25, 0.3) is 0 Å². The van der Waals surface area contributed by atoms with Crippen LogP contribution in [0.3, 0.4) is 0 Å². The lowest BCUT2D eigenvalue weighted by atomic mass is 9.66. The van der Waals surface area contributed by atoms with E-state index < -0.39 is 9.84 Å². The lowest BCUT2D eigenvalue weighted by Gasteiger charge is -2.40. The second-order valence-electron chi connectivity index (χ2n) is 5.71. The van der Waals surface area contributed by atoms with E-state index in [1.54, 1.807) is 19.1 Å². The average Bonchev–Trinajstić information content (AvgIpc) is 2.43. The molecular weight excluding hydrogens is 288 g/mol. The van der Waals surface area contributed by atoms with Crippen molar-refractivity contribution in [3.05, 3.63) is 24.3 Å². The Morgan fingerprint density at radius 2 is 1.90 bits per heavy atom. The van der Waals surface area contributed by atoms with Crippen LogP contribution >= 0.6 is 0 Å². The van der Waals surface area contributed by atoms with Gasteiger partial charge in [0.05, 0.1) is 10.6 Å². The first-order valence-corrected chi connectivity index (χ1v) is 8.89. The van der Waals surface area contributed by atoms with E-state index >= 15 is 0 Å². The molecule has 1 saturated carbocycles. The summed E-state index contributed by atoms with van der Waals surface area (Å²) in [5.74, 6) is 0.00353. The second kappa shape index (κ2) is 6.15. The van der Waals surface area contributed by atoms with Gasteiger partial charge in [0.15, 0.2) is 9.84 Å². The molecular formula is C15H22N2O3S. The lowest BCUT2D eigenvalue weighted by molar-refractivity contribution is -0.119. The zero-order chi connectivity index (χ0) is 15.5. The molecule has 6 heteroatoms. The molecule has 0 aliphatic heterocycles. The van der Waals surface area contributed by atoms with Crippen LogP contribution in [0, 0.1) is 5.41 Å². The summed E-state index contributed by atoms with van der Waals surface area (Å²) in [5, 5.41) is 2.81. The Bertz CT molecular complexity index is 599. The third kappa shape index (κ3) is 3.63. The monoisotopic (exact) mass is 310 g/mol. The molecule has 1 aromatic carbocycles. The predicted octanol–water partition coefficient (Wildman–Crippen LogP) is 1.94. The number of nitrogens with two attached hydrogens (primary N) is 1. The van der Waals surface area contributed by atoms with Crippen molar-refractivity contribution >= 4 is 21.4 Å². The van der Waals surface area contributed by atoms with Crippen molar-refractivity contribution in [1.82, 2.24) is 0 Å². The molecule has 1 aromatic rings. The van der Waals surface area contributed by atoms with Gasteiger partial charge in [-0.25, -0.2) is 8.42 Å². The fourth-order valence-corrected chi connectivity index (χ4v) is 3.47. The van der Waals surface area contributed by atoms with Gasteiger partial charge in [-0.1, -0.05) is 13.3 Å². The number of benzene rings is 1. The Labute approximate surface area is 125 Å². The normalized spacial score (nSPS) is 17.0. The quantitative estimate of drug-likeness (QED) is 0.840. The van der Waals surface area contributed by atoms with Gasteiger partial charge in [-0.2, -0.15) is 0 Å². The summed E-state index contributed by atoms with van der Waals surface area (Å²) in [7, 11) is -3.20. The highest BCUT2D eigenvalue weighted by Gasteiger charge is 2.37. The summed E-state index contributed by atoms with van der Waals surface area (Å²) >= 11 is 0. The molecule has 21 heavy (non-hydrogen) atoms. The molecule has 0 bridgehead atoms. The zero-order valence-corrected chi connectivity index (χ0v) is 13.1. The van der Waals surface area contributed by atoms with E-state index in [2.05, 4.69) is 5.32 Å².